The maximum Gasteiger partial charge on any atom is 0.258 e. The number of aromatic nitrogens is 2. The minimum atomic E-state index is -0.418. The summed E-state index contributed by atoms with van der Waals surface area (Å²) in [7, 11) is 1.50. The van der Waals surface area contributed by atoms with Crippen LogP contribution in [-0.2, 0) is 0 Å². The third-order valence-electron chi connectivity index (χ3n) is 5.20. The number of thiocarbonyl (C=S) groups is 1. The Balaban J connectivity index is 1.82. The Kier molecular flexibility index (Phi) is 6.16. The third-order valence-corrected chi connectivity index (χ3v) is 5.79. The molecule has 0 aliphatic carbocycles. The molecule has 0 spiro atoms. The minimum Gasteiger partial charge on any atom is -0.504 e. The standard InChI is InChI=1S/C23H21ClN4O3S/c1-4-11-28-13(2)19(22-26-21(27-31-22)14-5-8-16(24)9-6-14)20(25-23(28)32)15-7-10-18(30-3)17(29)12-15/h4-10,12,20,29H,1,11H2,2-3H3,(H,25,32). The van der Waals surface area contributed by atoms with Crippen molar-refractivity contribution >= 4 is 34.5 Å². The van der Waals surface area contributed by atoms with E-state index in [1.807, 2.05) is 30.0 Å². The minimum absolute atomic E-state index is 0.0237. The first kappa shape index (κ1) is 21.9. The molecule has 0 amide bonds. The highest BCUT2D eigenvalue weighted by Crippen LogP contribution is 2.39. The number of nitrogens with one attached hydrogen (secondary N) is 1. The molecule has 0 saturated carbocycles. The molecule has 4 rings (SSSR count). The van der Waals surface area contributed by atoms with Crippen LogP contribution in [0.25, 0.3) is 17.0 Å². The van der Waals surface area contributed by atoms with Gasteiger partial charge < -0.3 is 24.6 Å². The van der Waals surface area contributed by atoms with E-state index in [4.69, 9.17) is 33.1 Å². The molecule has 1 atom stereocenters. The van der Waals surface area contributed by atoms with E-state index in [1.165, 1.54) is 7.11 Å². The summed E-state index contributed by atoms with van der Waals surface area (Å²) in [6.45, 7) is 6.27. The smallest absolute Gasteiger partial charge is 0.258 e. The lowest BCUT2D eigenvalue weighted by Gasteiger charge is -2.36. The van der Waals surface area contributed by atoms with Gasteiger partial charge >= 0.3 is 0 Å². The highest BCUT2D eigenvalue weighted by molar-refractivity contribution is 7.80. The van der Waals surface area contributed by atoms with E-state index >= 15 is 0 Å². The van der Waals surface area contributed by atoms with Crippen molar-refractivity contribution in [3.63, 3.8) is 0 Å². The molecule has 0 fully saturated rings. The molecular weight excluding hydrogens is 448 g/mol. The van der Waals surface area contributed by atoms with Crippen LogP contribution < -0.4 is 10.1 Å². The maximum absolute atomic E-state index is 10.3. The molecule has 3 aromatic rings. The summed E-state index contributed by atoms with van der Waals surface area (Å²) in [6, 6.07) is 12.0. The van der Waals surface area contributed by atoms with Crippen molar-refractivity contribution in [2.75, 3.05) is 13.7 Å². The van der Waals surface area contributed by atoms with E-state index in [2.05, 4.69) is 22.0 Å². The largest absolute Gasteiger partial charge is 0.504 e. The summed E-state index contributed by atoms with van der Waals surface area (Å²) in [5.74, 6) is 1.19. The molecule has 0 bridgehead atoms. The number of allylic oxidation sites excluding steroid dienone is 1. The van der Waals surface area contributed by atoms with Crippen LogP contribution in [0.1, 0.15) is 24.4 Å². The summed E-state index contributed by atoms with van der Waals surface area (Å²) in [6.07, 6.45) is 1.77. The maximum atomic E-state index is 10.3. The van der Waals surface area contributed by atoms with Crippen LogP contribution in [0.15, 0.2) is 65.3 Å². The molecule has 1 unspecified atom stereocenters. The van der Waals surface area contributed by atoms with Crippen molar-refractivity contribution in [2.24, 2.45) is 0 Å². The Morgan fingerprint density at radius 1 is 1.31 bits per heavy atom. The number of rotatable bonds is 6. The van der Waals surface area contributed by atoms with Crippen molar-refractivity contribution in [3.05, 3.63) is 77.3 Å². The molecule has 0 saturated heterocycles. The van der Waals surface area contributed by atoms with Gasteiger partial charge in [0, 0.05) is 22.8 Å². The third kappa shape index (κ3) is 4.06. The van der Waals surface area contributed by atoms with E-state index in [0.717, 1.165) is 22.4 Å². The fourth-order valence-electron chi connectivity index (χ4n) is 3.59. The summed E-state index contributed by atoms with van der Waals surface area (Å²) in [5, 5.41) is 19.0. The number of phenolic OH excluding ortho intramolecular Hbond substituents is 1. The summed E-state index contributed by atoms with van der Waals surface area (Å²) in [5.41, 5.74) is 3.14. The average molecular weight is 469 g/mol. The number of hydrogen-bond donors (Lipinski definition) is 2. The summed E-state index contributed by atoms with van der Waals surface area (Å²) < 4.78 is 10.8. The first-order valence-corrected chi connectivity index (χ1v) is 10.6. The second kappa shape index (κ2) is 9.02. The summed E-state index contributed by atoms with van der Waals surface area (Å²) >= 11 is 11.6. The van der Waals surface area contributed by atoms with Crippen molar-refractivity contribution in [2.45, 2.75) is 13.0 Å². The number of methoxy groups -OCH3 is 1. The molecule has 2 N–H and O–H groups in total. The molecule has 1 aromatic heterocycles. The molecular formula is C23H21ClN4O3S. The first-order valence-electron chi connectivity index (χ1n) is 9.79. The number of hydrogen-bond acceptors (Lipinski definition) is 6. The number of halogens is 1. The Morgan fingerprint density at radius 2 is 2.06 bits per heavy atom. The normalized spacial score (nSPS) is 16.2. The lowest BCUT2D eigenvalue weighted by Crippen LogP contribution is -2.45. The number of nitrogens with zero attached hydrogens (tertiary/aromatic N) is 3. The Bertz CT molecular complexity index is 1210. The van der Waals surface area contributed by atoms with Gasteiger partial charge in [-0.3, -0.25) is 0 Å². The average Bonchev–Trinajstić information content (AvgIpc) is 3.26. The molecule has 2 aromatic carbocycles. The monoisotopic (exact) mass is 468 g/mol. The van der Waals surface area contributed by atoms with Crippen LogP contribution in [-0.4, -0.2) is 38.9 Å². The van der Waals surface area contributed by atoms with Crippen LogP contribution in [0.5, 0.6) is 11.5 Å². The molecule has 1 aliphatic heterocycles. The van der Waals surface area contributed by atoms with E-state index in [1.54, 1.807) is 30.3 Å². The van der Waals surface area contributed by atoms with E-state index in [9.17, 15) is 5.11 Å². The second-order valence-electron chi connectivity index (χ2n) is 7.14. The van der Waals surface area contributed by atoms with Crippen molar-refractivity contribution < 1.29 is 14.4 Å². The molecule has 164 valence electrons. The van der Waals surface area contributed by atoms with Crippen LogP contribution in [0.3, 0.4) is 0 Å². The fraction of sp³-hybridized carbons (Fsp3) is 0.174. The van der Waals surface area contributed by atoms with Gasteiger partial charge in [0.05, 0.1) is 18.7 Å². The van der Waals surface area contributed by atoms with Gasteiger partial charge in [-0.2, -0.15) is 4.98 Å². The Hall–Kier alpha value is -3.36. The lowest BCUT2D eigenvalue weighted by atomic mass is 9.94. The quantitative estimate of drug-likeness (QED) is 0.388. The summed E-state index contributed by atoms with van der Waals surface area (Å²) in [4.78, 5) is 6.54. The number of ether oxygens (including phenoxy) is 1. The van der Waals surface area contributed by atoms with E-state index in [-0.39, 0.29) is 5.75 Å². The van der Waals surface area contributed by atoms with Gasteiger partial charge in [-0.15, -0.1) is 6.58 Å². The highest BCUT2D eigenvalue weighted by atomic mass is 35.5. The van der Waals surface area contributed by atoms with Crippen LogP contribution in [0, 0.1) is 0 Å². The first-order chi connectivity index (χ1) is 15.4. The molecule has 9 heteroatoms. The van der Waals surface area contributed by atoms with Gasteiger partial charge in [-0.1, -0.05) is 28.9 Å². The molecule has 1 aliphatic rings. The SMILES string of the molecule is C=CCN1C(=S)NC(c2ccc(OC)c(O)c2)C(c2nc(-c3ccc(Cl)cc3)no2)=C1C. The van der Waals surface area contributed by atoms with Gasteiger partial charge in [0.25, 0.3) is 5.89 Å². The molecule has 0 radical (unpaired) electrons. The molecule has 7 nitrogen and oxygen atoms in total. The zero-order chi connectivity index (χ0) is 22.8. The van der Waals surface area contributed by atoms with E-state index in [0.29, 0.717) is 34.1 Å². The van der Waals surface area contributed by atoms with Crippen LogP contribution in [0.2, 0.25) is 5.02 Å². The lowest BCUT2D eigenvalue weighted by molar-refractivity contribution is 0.372. The zero-order valence-corrected chi connectivity index (χ0v) is 19.1. The second-order valence-corrected chi connectivity index (χ2v) is 7.97. The fourth-order valence-corrected chi connectivity index (χ4v) is 4.05. The Labute approximate surface area is 196 Å². The molecule has 2 heterocycles. The van der Waals surface area contributed by atoms with Crippen molar-refractivity contribution in [1.82, 2.24) is 20.4 Å². The van der Waals surface area contributed by atoms with Gasteiger partial charge in [0.1, 0.15) is 0 Å². The van der Waals surface area contributed by atoms with Gasteiger partial charge in [-0.05, 0) is 61.1 Å². The van der Waals surface area contributed by atoms with Gasteiger partial charge in [0.2, 0.25) is 5.82 Å². The predicted molar refractivity (Wildman–Crippen MR) is 127 cm³/mol. The number of phenols is 1. The van der Waals surface area contributed by atoms with Crippen molar-refractivity contribution in [1.29, 1.82) is 0 Å². The highest BCUT2D eigenvalue weighted by Gasteiger charge is 2.34. The van der Waals surface area contributed by atoms with Gasteiger partial charge in [0.15, 0.2) is 16.6 Å². The number of benzene rings is 2. The Morgan fingerprint density at radius 3 is 2.72 bits per heavy atom. The topological polar surface area (TPSA) is 83.7 Å². The van der Waals surface area contributed by atoms with E-state index < -0.39 is 6.04 Å². The van der Waals surface area contributed by atoms with Crippen LogP contribution >= 0.6 is 23.8 Å². The van der Waals surface area contributed by atoms with Crippen molar-refractivity contribution in [3.8, 4) is 22.9 Å². The predicted octanol–water partition coefficient (Wildman–Crippen LogP) is 4.95. The number of aromatic hydroxyl groups is 1. The van der Waals surface area contributed by atoms with Gasteiger partial charge in [-0.25, -0.2) is 0 Å². The molecule has 32 heavy (non-hydrogen) atoms. The van der Waals surface area contributed by atoms with Crippen LogP contribution in [0.4, 0.5) is 0 Å². The zero-order valence-electron chi connectivity index (χ0n) is 17.5.